The van der Waals surface area contributed by atoms with Gasteiger partial charge in [-0.3, -0.25) is 0 Å². The quantitative estimate of drug-likeness (QED) is 0.780. The van der Waals surface area contributed by atoms with E-state index in [1.807, 2.05) is 31.2 Å². The number of fused-ring (bicyclic) bond motifs is 1. The Kier molecular flexibility index (Phi) is 4.56. The van der Waals surface area contributed by atoms with E-state index in [2.05, 4.69) is 26.0 Å². The SMILES string of the molecule is CCOc1ccc(C(C)(CC)c2cc3c(cc2OC)OCO3)cc1. The second-order valence-electron chi connectivity index (χ2n) is 6.05. The van der Waals surface area contributed by atoms with E-state index >= 15 is 0 Å². The van der Waals surface area contributed by atoms with Gasteiger partial charge in [-0.1, -0.05) is 26.0 Å². The Hall–Kier alpha value is -2.36. The van der Waals surface area contributed by atoms with Crippen molar-refractivity contribution in [2.45, 2.75) is 32.6 Å². The molecule has 4 heteroatoms. The average molecular weight is 328 g/mol. The molecule has 1 unspecified atom stereocenters. The molecular formula is C20H24O4. The van der Waals surface area contributed by atoms with Crippen LogP contribution in [0.15, 0.2) is 36.4 Å². The molecular weight excluding hydrogens is 304 g/mol. The van der Waals surface area contributed by atoms with Gasteiger partial charge in [-0.05, 0) is 37.1 Å². The highest BCUT2D eigenvalue weighted by Crippen LogP contribution is 2.46. The van der Waals surface area contributed by atoms with Crippen molar-refractivity contribution in [1.82, 2.24) is 0 Å². The van der Waals surface area contributed by atoms with Gasteiger partial charge in [0, 0.05) is 17.0 Å². The number of ether oxygens (including phenoxy) is 4. The summed E-state index contributed by atoms with van der Waals surface area (Å²) in [6, 6.07) is 12.2. The lowest BCUT2D eigenvalue weighted by Gasteiger charge is -2.31. The van der Waals surface area contributed by atoms with Crippen molar-refractivity contribution in [2.75, 3.05) is 20.5 Å². The van der Waals surface area contributed by atoms with Crippen LogP contribution in [0.1, 0.15) is 38.3 Å². The van der Waals surface area contributed by atoms with Gasteiger partial charge < -0.3 is 18.9 Å². The normalized spacial score (nSPS) is 15.0. The van der Waals surface area contributed by atoms with Crippen LogP contribution in [0, 0.1) is 0 Å². The van der Waals surface area contributed by atoms with E-state index < -0.39 is 0 Å². The summed E-state index contributed by atoms with van der Waals surface area (Å²) < 4.78 is 22.2. The molecule has 0 saturated carbocycles. The third-order valence-electron chi connectivity index (χ3n) is 4.80. The van der Waals surface area contributed by atoms with Crippen LogP contribution in [0.3, 0.4) is 0 Å². The third kappa shape index (κ3) is 2.77. The molecule has 0 saturated heterocycles. The first-order chi connectivity index (χ1) is 11.6. The second-order valence-corrected chi connectivity index (χ2v) is 6.05. The summed E-state index contributed by atoms with van der Waals surface area (Å²) in [5.74, 6) is 3.21. The number of hydrogen-bond donors (Lipinski definition) is 0. The molecule has 0 spiro atoms. The zero-order chi connectivity index (χ0) is 17.2. The molecule has 0 N–H and O–H groups in total. The standard InChI is InChI=1S/C20H24O4/c1-5-20(3,14-7-9-15(10-8-14)22-6-2)16-11-18-19(24-13-23-18)12-17(16)21-4/h7-12H,5-6,13H2,1-4H3. The minimum Gasteiger partial charge on any atom is -0.496 e. The highest BCUT2D eigenvalue weighted by Gasteiger charge is 2.32. The second kappa shape index (κ2) is 6.63. The van der Waals surface area contributed by atoms with E-state index in [0.717, 1.165) is 35.0 Å². The minimum atomic E-state index is -0.197. The molecule has 1 aliphatic heterocycles. The predicted molar refractivity (Wildman–Crippen MR) is 93.5 cm³/mol. The van der Waals surface area contributed by atoms with Crippen molar-refractivity contribution in [3.05, 3.63) is 47.5 Å². The van der Waals surface area contributed by atoms with Crippen molar-refractivity contribution < 1.29 is 18.9 Å². The smallest absolute Gasteiger partial charge is 0.231 e. The van der Waals surface area contributed by atoms with E-state index in [4.69, 9.17) is 18.9 Å². The minimum absolute atomic E-state index is 0.197. The molecule has 4 nitrogen and oxygen atoms in total. The van der Waals surface area contributed by atoms with Crippen LogP contribution in [0.4, 0.5) is 0 Å². The fraction of sp³-hybridized carbons (Fsp3) is 0.400. The van der Waals surface area contributed by atoms with Gasteiger partial charge in [-0.15, -0.1) is 0 Å². The first kappa shape index (κ1) is 16.5. The van der Waals surface area contributed by atoms with E-state index in [9.17, 15) is 0 Å². The van der Waals surface area contributed by atoms with Gasteiger partial charge in [-0.2, -0.15) is 0 Å². The van der Waals surface area contributed by atoms with Gasteiger partial charge in [0.2, 0.25) is 6.79 Å². The molecule has 0 aromatic heterocycles. The summed E-state index contributed by atoms with van der Waals surface area (Å²) >= 11 is 0. The largest absolute Gasteiger partial charge is 0.496 e. The summed E-state index contributed by atoms with van der Waals surface area (Å²) in [5.41, 5.74) is 2.11. The fourth-order valence-electron chi connectivity index (χ4n) is 3.16. The van der Waals surface area contributed by atoms with Crippen molar-refractivity contribution in [2.24, 2.45) is 0 Å². The molecule has 2 aromatic rings. The molecule has 0 fully saturated rings. The topological polar surface area (TPSA) is 36.9 Å². The third-order valence-corrected chi connectivity index (χ3v) is 4.80. The Labute approximate surface area is 143 Å². The number of methoxy groups -OCH3 is 1. The van der Waals surface area contributed by atoms with E-state index in [0.29, 0.717) is 6.61 Å². The van der Waals surface area contributed by atoms with E-state index in [1.54, 1.807) is 7.11 Å². The molecule has 3 rings (SSSR count). The average Bonchev–Trinajstić information content (AvgIpc) is 3.08. The zero-order valence-electron chi connectivity index (χ0n) is 14.7. The van der Waals surface area contributed by atoms with Crippen LogP contribution >= 0.6 is 0 Å². The summed E-state index contributed by atoms with van der Waals surface area (Å²) in [6.07, 6.45) is 0.928. The van der Waals surface area contributed by atoms with Gasteiger partial charge in [0.1, 0.15) is 11.5 Å². The van der Waals surface area contributed by atoms with Gasteiger partial charge in [0.15, 0.2) is 11.5 Å². The maximum atomic E-state index is 5.64. The van der Waals surface area contributed by atoms with Gasteiger partial charge >= 0.3 is 0 Å². The van der Waals surface area contributed by atoms with Crippen molar-refractivity contribution in [3.8, 4) is 23.0 Å². The predicted octanol–water partition coefficient (Wildman–Crippen LogP) is 4.54. The Morgan fingerprint density at radius 2 is 1.71 bits per heavy atom. The molecule has 128 valence electrons. The highest BCUT2D eigenvalue weighted by molar-refractivity contribution is 5.57. The number of benzene rings is 2. The maximum absolute atomic E-state index is 5.64. The number of hydrogen-bond acceptors (Lipinski definition) is 4. The molecule has 1 atom stereocenters. The van der Waals surface area contributed by atoms with Crippen LogP contribution in [0.5, 0.6) is 23.0 Å². The maximum Gasteiger partial charge on any atom is 0.231 e. The van der Waals surface area contributed by atoms with Crippen molar-refractivity contribution in [1.29, 1.82) is 0 Å². The van der Waals surface area contributed by atoms with Crippen LogP contribution in [0.25, 0.3) is 0 Å². The van der Waals surface area contributed by atoms with Gasteiger partial charge in [-0.25, -0.2) is 0 Å². The van der Waals surface area contributed by atoms with Gasteiger partial charge in [0.05, 0.1) is 13.7 Å². The molecule has 1 heterocycles. The Morgan fingerprint density at radius 3 is 2.29 bits per heavy atom. The lowest BCUT2D eigenvalue weighted by molar-refractivity contribution is 0.174. The van der Waals surface area contributed by atoms with Crippen LogP contribution in [0.2, 0.25) is 0 Å². The van der Waals surface area contributed by atoms with Crippen LogP contribution in [-0.4, -0.2) is 20.5 Å². The molecule has 0 bridgehead atoms. The zero-order valence-corrected chi connectivity index (χ0v) is 14.7. The van der Waals surface area contributed by atoms with E-state index in [1.165, 1.54) is 5.56 Å². The Balaban J connectivity index is 2.06. The summed E-state index contributed by atoms with van der Waals surface area (Å²) in [4.78, 5) is 0. The summed E-state index contributed by atoms with van der Waals surface area (Å²) in [6.45, 7) is 7.32. The number of rotatable bonds is 6. The first-order valence-corrected chi connectivity index (χ1v) is 8.33. The monoisotopic (exact) mass is 328 g/mol. The lowest BCUT2D eigenvalue weighted by Crippen LogP contribution is -2.23. The molecule has 0 aliphatic carbocycles. The summed E-state index contributed by atoms with van der Waals surface area (Å²) in [7, 11) is 1.69. The van der Waals surface area contributed by atoms with Gasteiger partial charge in [0.25, 0.3) is 0 Å². The van der Waals surface area contributed by atoms with Crippen molar-refractivity contribution >= 4 is 0 Å². The lowest BCUT2D eigenvalue weighted by atomic mass is 9.73. The Bertz CT molecular complexity index is 708. The molecule has 2 aromatic carbocycles. The molecule has 0 radical (unpaired) electrons. The highest BCUT2D eigenvalue weighted by atomic mass is 16.7. The van der Waals surface area contributed by atoms with E-state index in [-0.39, 0.29) is 12.2 Å². The van der Waals surface area contributed by atoms with Crippen molar-refractivity contribution in [3.63, 3.8) is 0 Å². The fourth-order valence-corrected chi connectivity index (χ4v) is 3.16. The first-order valence-electron chi connectivity index (χ1n) is 8.33. The molecule has 0 amide bonds. The Morgan fingerprint density at radius 1 is 1.04 bits per heavy atom. The molecule has 1 aliphatic rings. The summed E-state index contributed by atoms with van der Waals surface area (Å²) in [5, 5.41) is 0. The van der Waals surface area contributed by atoms with Crippen LogP contribution in [-0.2, 0) is 5.41 Å². The van der Waals surface area contributed by atoms with Crippen LogP contribution < -0.4 is 18.9 Å². The molecule has 24 heavy (non-hydrogen) atoms.